The Balaban J connectivity index is 2.47. The van der Waals surface area contributed by atoms with Crippen LogP contribution >= 0.6 is 0 Å². The second-order valence-electron chi connectivity index (χ2n) is 4.46. The number of esters is 1. The van der Waals surface area contributed by atoms with Gasteiger partial charge >= 0.3 is 5.97 Å². The Morgan fingerprint density at radius 3 is 2.13 bits per heavy atom. The number of hydrogen-bond donors (Lipinski definition) is 2. The van der Waals surface area contributed by atoms with Crippen LogP contribution < -0.4 is 10.9 Å². The fraction of sp³-hybridized carbons (Fsp3) is 0.900. The standard InChI is InChI=1S/C10H20N2O3/c1-6(2)9(14-5)15-8(13)7(3)10(4)11-12-10/h6-7,9,11-12H,1-5H3. The minimum absolute atomic E-state index is 0.152. The van der Waals surface area contributed by atoms with Gasteiger partial charge in [-0.25, -0.2) is 10.9 Å². The van der Waals surface area contributed by atoms with E-state index in [9.17, 15) is 4.79 Å². The van der Waals surface area contributed by atoms with Crippen molar-refractivity contribution in [1.29, 1.82) is 0 Å². The number of hydrazine groups is 1. The van der Waals surface area contributed by atoms with Crippen molar-refractivity contribution in [1.82, 2.24) is 10.9 Å². The SMILES string of the molecule is COC(OC(=O)C(C)C1(C)NN1)C(C)C. The highest BCUT2D eigenvalue weighted by Crippen LogP contribution is 2.23. The number of rotatable bonds is 5. The van der Waals surface area contributed by atoms with E-state index < -0.39 is 6.29 Å². The fourth-order valence-corrected chi connectivity index (χ4v) is 1.22. The molecule has 0 amide bonds. The molecule has 1 saturated heterocycles. The monoisotopic (exact) mass is 216 g/mol. The van der Waals surface area contributed by atoms with Crippen LogP contribution in [0, 0.1) is 11.8 Å². The molecule has 0 aromatic rings. The molecule has 1 aliphatic rings. The molecule has 2 unspecified atom stereocenters. The molecule has 1 rings (SSSR count). The van der Waals surface area contributed by atoms with Crippen LogP contribution in [-0.4, -0.2) is 25.0 Å². The lowest BCUT2D eigenvalue weighted by Crippen LogP contribution is -2.36. The molecule has 0 spiro atoms. The highest BCUT2D eigenvalue weighted by Gasteiger charge is 2.46. The summed E-state index contributed by atoms with van der Waals surface area (Å²) in [6.45, 7) is 7.63. The van der Waals surface area contributed by atoms with Crippen molar-refractivity contribution < 1.29 is 14.3 Å². The van der Waals surface area contributed by atoms with E-state index in [4.69, 9.17) is 9.47 Å². The molecule has 0 aromatic heterocycles. The first kappa shape index (κ1) is 12.4. The number of carbonyl (C=O) groups excluding carboxylic acids is 1. The van der Waals surface area contributed by atoms with Crippen molar-refractivity contribution in [2.75, 3.05) is 7.11 Å². The van der Waals surface area contributed by atoms with Gasteiger partial charge in [0.15, 0.2) is 0 Å². The van der Waals surface area contributed by atoms with Crippen molar-refractivity contribution in [2.24, 2.45) is 11.8 Å². The van der Waals surface area contributed by atoms with Crippen LogP contribution in [0.5, 0.6) is 0 Å². The number of methoxy groups -OCH3 is 1. The average molecular weight is 216 g/mol. The quantitative estimate of drug-likeness (QED) is 0.400. The molecule has 0 saturated carbocycles. The Morgan fingerprint density at radius 2 is 1.80 bits per heavy atom. The minimum atomic E-state index is -0.470. The zero-order valence-corrected chi connectivity index (χ0v) is 9.96. The Bertz CT molecular complexity index is 239. The van der Waals surface area contributed by atoms with Gasteiger partial charge in [0.2, 0.25) is 6.29 Å². The van der Waals surface area contributed by atoms with Crippen molar-refractivity contribution in [2.45, 2.75) is 39.6 Å². The van der Waals surface area contributed by atoms with Gasteiger partial charge in [-0.05, 0) is 13.8 Å². The van der Waals surface area contributed by atoms with Gasteiger partial charge < -0.3 is 9.47 Å². The highest BCUT2D eigenvalue weighted by molar-refractivity contribution is 5.74. The van der Waals surface area contributed by atoms with E-state index in [0.717, 1.165) is 0 Å². The van der Waals surface area contributed by atoms with Crippen LogP contribution in [-0.2, 0) is 14.3 Å². The molecular weight excluding hydrogens is 196 g/mol. The summed E-state index contributed by atoms with van der Waals surface area (Å²) in [5.41, 5.74) is 5.51. The van der Waals surface area contributed by atoms with E-state index in [1.165, 1.54) is 7.11 Å². The van der Waals surface area contributed by atoms with E-state index in [2.05, 4.69) is 10.9 Å². The topological polar surface area (TPSA) is 79.4 Å². The molecule has 0 aromatic carbocycles. The molecule has 5 nitrogen and oxygen atoms in total. The second kappa shape index (κ2) is 4.47. The summed E-state index contributed by atoms with van der Waals surface area (Å²) in [5.74, 6) is -0.344. The lowest BCUT2D eigenvalue weighted by molar-refractivity contribution is -0.187. The first-order chi connectivity index (χ1) is 6.90. The van der Waals surface area contributed by atoms with Crippen molar-refractivity contribution in [3.63, 3.8) is 0 Å². The zero-order chi connectivity index (χ0) is 11.6. The Labute approximate surface area is 90.5 Å². The number of ether oxygens (including phenoxy) is 2. The normalized spacial score (nSPS) is 22.3. The molecule has 88 valence electrons. The summed E-state index contributed by atoms with van der Waals surface area (Å²) < 4.78 is 10.3. The molecule has 0 aliphatic carbocycles. The molecule has 0 bridgehead atoms. The van der Waals surface area contributed by atoms with Gasteiger partial charge in [-0.3, -0.25) is 4.79 Å². The Morgan fingerprint density at radius 1 is 1.27 bits per heavy atom. The molecule has 1 fully saturated rings. The van der Waals surface area contributed by atoms with Gasteiger partial charge in [0, 0.05) is 13.0 Å². The maximum Gasteiger partial charge on any atom is 0.314 e. The van der Waals surface area contributed by atoms with Crippen LogP contribution in [0.3, 0.4) is 0 Å². The summed E-state index contributed by atoms with van der Waals surface area (Å²) in [5, 5.41) is 0. The predicted molar refractivity (Wildman–Crippen MR) is 55.6 cm³/mol. The first-order valence-corrected chi connectivity index (χ1v) is 5.18. The summed E-state index contributed by atoms with van der Waals surface area (Å²) in [6, 6.07) is 0. The number of hydrogen-bond acceptors (Lipinski definition) is 5. The zero-order valence-electron chi connectivity index (χ0n) is 9.96. The molecular formula is C10H20N2O3. The smallest absolute Gasteiger partial charge is 0.314 e. The molecule has 1 heterocycles. The van der Waals surface area contributed by atoms with E-state index in [-0.39, 0.29) is 23.5 Å². The first-order valence-electron chi connectivity index (χ1n) is 5.18. The van der Waals surface area contributed by atoms with E-state index in [1.807, 2.05) is 27.7 Å². The third-order valence-corrected chi connectivity index (χ3v) is 2.75. The summed E-state index contributed by atoms with van der Waals surface area (Å²) in [4.78, 5) is 11.7. The van der Waals surface area contributed by atoms with E-state index in [1.54, 1.807) is 0 Å². The maximum absolute atomic E-state index is 11.7. The molecule has 15 heavy (non-hydrogen) atoms. The largest absolute Gasteiger partial charge is 0.435 e. The van der Waals surface area contributed by atoms with Crippen LogP contribution in [0.15, 0.2) is 0 Å². The maximum atomic E-state index is 11.7. The van der Waals surface area contributed by atoms with E-state index in [0.29, 0.717) is 0 Å². The van der Waals surface area contributed by atoms with Crippen molar-refractivity contribution in [3.8, 4) is 0 Å². The van der Waals surface area contributed by atoms with Gasteiger partial charge in [0.1, 0.15) is 5.66 Å². The lowest BCUT2D eigenvalue weighted by Gasteiger charge is -2.22. The number of nitrogens with one attached hydrogen (secondary N) is 2. The van der Waals surface area contributed by atoms with Gasteiger partial charge in [-0.15, -0.1) is 0 Å². The van der Waals surface area contributed by atoms with Crippen LogP contribution in [0.1, 0.15) is 27.7 Å². The van der Waals surface area contributed by atoms with Crippen LogP contribution in [0.2, 0.25) is 0 Å². The second-order valence-corrected chi connectivity index (χ2v) is 4.46. The van der Waals surface area contributed by atoms with Crippen molar-refractivity contribution in [3.05, 3.63) is 0 Å². The predicted octanol–water partition coefficient (Wildman–Crippen LogP) is 0.618. The van der Waals surface area contributed by atoms with E-state index >= 15 is 0 Å². The third kappa shape index (κ3) is 2.90. The summed E-state index contributed by atoms with van der Waals surface area (Å²) in [7, 11) is 1.54. The van der Waals surface area contributed by atoms with Gasteiger partial charge in [0.25, 0.3) is 0 Å². The minimum Gasteiger partial charge on any atom is -0.435 e. The van der Waals surface area contributed by atoms with Crippen LogP contribution in [0.4, 0.5) is 0 Å². The molecule has 5 heteroatoms. The molecule has 1 aliphatic heterocycles. The average Bonchev–Trinajstić information content (AvgIpc) is 2.92. The van der Waals surface area contributed by atoms with Crippen molar-refractivity contribution >= 4 is 5.97 Å². The van der Waals surface area contributed by atoms with Gasteiger partial charge in [-0.1, -0.05) is 13.8 Å². The molecule has 0 radical (unpaired) electrons. The number of carbonyl (C=O) groups is 1. The Kier molecular flexibility index (Phi) is 3.70. The fourth-order valence-electron chi connectivity index (χ4n) is 1.22. The summed E-state index contributed by atoms with van der Waals surface area (Å²) in [6.07, 6.45) is -0.470. The lowest BCUT2D eigenvalue weighted by atomic mass is 10.0. The molecule has 2 atom stereocenters. The van der Waals surface area contributed by atoms with Gasteiger partial charge in [0.05, 0.1) is 5.92 Å². The third-order valence-electron chi connectivity index (χ3n) is 2.75. The van der Waals surface area contributed by atoms with Gasteiger partial charge in [-0.2, -0.15) is 0 Å². The molecule has 2 N–H and O–H groups in total. The van der Waals surface area contributed by atoms with Crippen LogP contribution in [0.25, 0.3) is 0 Å². The Hall–Kier alpha value is -0.650. The highest BCUT2D eigenvalue weighted by atomic mass is 16.7. The summed E-state index contributed by atoms with van der Waals surface area (Å²) >= 11 is 0.